The van der Waals surface area contributed by atoms with Gasteiger partial charge in [0.15, 0.2) is 0 Å². The summed E-state index contributed by atoms with van der Waals surface area (Å²) in [7, 11) is -3.29. The number of sulfonamides is 1. The summed E-state index contributed by atoms with van der Waals surface area (Å²) in [5, 5.41) is 3.15. The highest BCUT2D eigenvalue weighted by Crippen LogP contribution is 2.17. The molecule has 2 rings (SSSR count). The number of hydrogen-bond acceptors (Lipinski definition) is 3. The highest BCUT2D eigenvalue weighted by Gasteiger charge is 2.02. The molecule has 0 bridgehead atoms. The fourth-order valence-corrected chi connectivity index (χ4v) is 2.27. The molecule has 2 aromatic carbocycles. The van der Waals surface area contributed by atoms with Crippen LogP contribution in [0.5, 0.6) is 0 Å². The number of benzene rings is 2. The highest BCUT2D eigenvalue weighted by atomic mass is 32.2. The van der Waals surface area contributed by atoms with Crippen LogP contribution in [0.4, 0.5) is 15.8 Å². The molecule has 0 aromatic heterocycles. The summed E-state index contributed by atoms with van der Waals surface area (Å²) in [6.45, 7) is 0.530. The van der Waals surface area contributed by atoms with E-state index in [1.165, 1.54) is 12.1 Å². The number of rotatable bonds is 5. The van der Waals surface area contributed by atoms with Crippen LogP contribution in [-0.2, 0) is 16.6 Å². The summed E-state index contributed by atoms with van der Waals surface area (Å²) in [5.74, 6) is -0.270. The third-order valence-electron chi connectivity index (χ3n) is 2.58. The molecule has 0 unspecified atom stereocenters. The van der Waals surface area contributed by atoms with E-state index in [1.54, 1.807) is 30.3 Å². The summed E-state index contributed by atoms with van der Waals surface area (Å²) in [5.41, 5.74) is 2.22. The van der Waals surface area contributed by atoms with E-state index in [0.29, 0.717) is 12.2 Å². The Bertz CT molecular complexity index is 685. The lowest BCUT2D eigenvalue weighted by atomic mass is 10.2. The second-order valence-electron chi connectivity index (χ2n) is 4.44. The molecule has 20 heavy (non-hydrogen) atoms. The minimum absolute atomic E-state index is 0.270. The van der Waals surface area contributed by atoms with Crippen LogP contribution in [0.25, 0.3) is 0 Å². The van der Waals surface area contributed by atoms with Gasteiger partial charge in [0.05, 0.1) is 11.9 Å². The average Bonchev–Trinajstić information content (AvgIpc) is 2.36. The fourth-order valence-electron chi connectivity index (χ4n) is 1.71. The van der Waals surface area contributed by atoms with Crippen molar-refractivity contribution >= 4 is 21.4 Å². The van der Waals surface area contributed by atoms with Crippen molar-refractivity contribution in [2.24, 2.45) is 0 Å². The van der Waals surface area contributed by atoms with Gasteiger partial charge in [0, 0.05) is 12.2 Å². The van der Waals surface area contributed by atoms with Crippen LogP contribution in [0, 0.1) is 5.82 Å². The molecule has 6 heteroatoms. The Morgan fingerprint density at radius 3 is 2.35 bits per heavy atom. The van der Waals surface area contributed by atoms with Gasteiger partial charge in [0.2, 0.25) is 10.0 Å². The molecule has 0 aliphatic heterocycles. The minimum atomic E-state index is -3.29. The Labute approximate surface area is 117 Å². The number of anilines is 2. The van der Waals surface area contributed by atoms with E-state index in [0.717, 1.165) is 17.5 Å². The van der Waals surface area contributed by atoms with Crippen LogP contribution in [-0.4, -0.2) is 14.7 Å². The van der Waals surface area contributed by atoms with Crippen molar-refractivity contribution in [1.29, 1.82) is 0 Å². The quantitative estimate of drug-likeness (QED) is 0.891. The predicted octanol–water partition coefficient (Wildman–Crippen LogP) is 2.81. The molecular weight excluding hydrogens is 279 g/mol. The van der Waals surface area contributed by atoms with Gasteiger partial charge in [-0.3, -0.25) is 4.72 Å². The van der Waals surface area contributed by atoms with Gasteiger partial charge in [-0.1, -0.05) is 18.2 Å². The van der Waals surface area contributed by atoms with Gasteiger partial charge < -0.3 is 5.32 Å². The largest absolute Gasteiger partial charge is 0.381 e. The normalized spacial score (nSPS) is 11.1. The van der Waals surface area contributed by atoms with E-state index >= 15 is 0 Å². The monoisotopic (exact) mass is 294 g/mol. The van der Waals surface area contributed by atoms with Crippen LogP contribution >= 0.6 is 0 Å². The summed E-state index contributed by atoms with van der Waals surface area (Å²) in [4.78, 5) is 0. The second-order valence-corrected chi connectivity index (χ2v) is 6.18. The maximum atomic E-state index is 12.8. The van der Waals surface area contributed by atoms with Crippen LogP contribution in [0.3, 0.4) is 0 Å². The fraction of sp³-hybridized carbons (Fsp3) is 0.143. The molecule has 106 valence electrons. The van der Waals surface area contributed by atoms with E-state index in [-0.39, 0.29) is 5.82 Å². The SMILES string of the molecule is CS(=O)(=O)Nc1cccc(NCc2ccc(F)cc2)c1. The van der Waals surface area contributed by atoms with Gasteiger partial charge in [-0.15, -0.1) is 0 Å². The first-order chi connectivity index (χ1) is 9.42. The lowest BCUT2D eigenvalue weighted by Gasteiger charge is -2.09. The molecule has 2 aromatic rings. The van der Waals surface area contributed by atoms with E-state index in [2.05, 4.69) is 10.0 Å². The zero-order chi connectivity index (χ0) is 14.6. The van der Waals surface area contributed by atoms with E-state index < -0.39 is 10.0 Å². The summed E-state index contributed by atoms with van der Waals surface area (Å²) in [6, 6.07) is 13.1. The van der Waals surface area contributed by atoms with Crippen molar-refractivity contribution in [2.45, 2.75) is 6.54 Å². The third kappa shape index (κ3) is 4.55. The van der Waals surface area contributed by atoms with Crippen LogP contribution < -0.4 is 10.0 Å². The maximum absolute atomic E-state index is 12.8. The van der Waals surface area contributed by atoms with Crippen molar-refractivity contribution < 1.29 is 12.8 Å². The third-order valence-corrected chi connectivity index (χ3v) is 3.18. The topological polar surface area (TPSA) is 58.2 Å². The molecule has 0 radical (unpaired) electrons. The average molecular weight is 294 g/mol. The molecule has 0 aliphatic carbocycles. The van der Waals surface area contributed by atoms with Crippen molar-refractivity contribution in [3.63, 3.8) is 0 Å². The Balaban J connectivity index is 2.03. The van der Waals surface area contributed by atoms with E-state index in [9.17, 15) is 12.8 Å². The molecule has 0 fully saturated rings. The van der Waals surface area contributed by atoms with Crippen LogP contribution in [0.15, 0.2) is 48.5 Å². The summed E-state index contributed by atoms with van der Waals surface area (Å²) < 4.78 is 37.5. The minimum Gasteiger partial charge on any atom is -0.381 e. The molecule has 0 saturated heterocycles. The number of hydrogen-bond donors (Lipinski definition) is 2. The molecular formula is C14H15FN2O2S. The molecule has 0 amide bonds. The second kappa shape index (κ2) is 5.92. The van der Waals surface area contributed by atoms with Crippen molar-refractivity contribution in [1.82, 2.24) is 0 Å². The Morgan fingerprint density at radius 2 is 1.70 bits per heavy atom. The van der Waals surface area contributed by atoms with Gasteiger partial charge in [0.25, 0.3) is 0 Å². The Morgan fingerprint density at radius 1 is 1.05 bits per heavy atom. The Hall–Kier alpha value is -2.08. The van der Waals surface area contributed by atoms with Gasteiger partial charge in [-0.25, -0.2) is 12.8 Å². The van der Waals surface area contributed by atoms with Crippen LogP contribution in [0.2, 0.25) is 0 Å². The molecule has 2 N–H and O–H groups in total. The molecule has 0 atom stereocenters. The molecule has 0 heterocycles. The smallest absolute Gasteiger partial charge is 0.229 e. The van der Waals surface area contributed by atoms with Gasteiger partial charge in [-0.05, 0) is 35.9 Å². The maximum Gasteiger partial charge on any atom is 0.229 e. The van der Waals surface area contributed by atoms with Crippen LogP contribution in [0.1, 0.15) is 5.56 Å². The first kappa shape index (κ1) is 14.3. The lowest BCUT2D eigenvalue weighted by molar-refractivity contribution is 0.607. The zero-order valence-electron chi connectivity index (χ0n) is 10.9. The molecule has 0 saturated carbocycles. The molecule has 4 nitrogen and oxygen atoms in total. The predicted molar refractivity (Wildman–Crippen MR) is 78.6 cm³/mol. The Kier molecular flexibility index (Phi) is 4.24. The van der Waals surface area contributed by atoms with Crippen molar-refractivity contribution in [3.05, 3.63) is 59.9 Å². The first-order valence-electron chi connectivity index (χ1n) is 5.98. The van der Waals surface area contributed by atoms with E-state index in [1.807, 2.05) is 6.07 Å². The van der Waals surface area contributed by atoms with Crippen molar-refractivity contribution in [3.8, 4) is 0 Å². The van der Waals surface area contributed by atoms with E-state index in [4.69, 9.17) is 0 Å². The summed E-state index contributed by atoms with van der Waals surface area (Å²) in [6.07, 6.45) is 1.10. The number of nitrogens with one attached hydrogen (secondary N) is 2. The standard InChI is InChI=1S/C14H15FN2O2S/c1-20(18,19)17-14-4-2-3-13(9-14)16-10-11-5-7-12(15)8-6-11/h2-9,16-17H,10H2,1H3. The zero-order valence-corrected chi connectivity index (χ0v) is 11.7. The molecule has 0 aliphatic rings. The number of halogens is 1. The molecule has 0 spiro atoms. The van der Waals surface area contributed by atoms with Crippen molar-refractivity contribution in [2.75, 3.05) is 16.3 Å². The first-order valence-corrected chi connectivity index (χ1v) is 7.88. The van der Waals surface area contributed by atoms with Gasteiger partial charge in [0.1, 0.15) is 5.82 Å². The van der Waals surface area contributed by atoms with Gasteiger partial charge >= 0.3 is 0 Å². The highest BCUT2D eigenvalue weighted by molar-refractivity contribution is 7.92. The van der Waals surface area contributed by atoms with Gasteiger partial charge in [-0.2, -0.15) is 0 Å². The summed E-state index contributed by atoms with van der Waals surface area (Å²) >= 11 is 0. The lowest BCUT2D eigenvalue weighted by Crippen LogP contribution is -2.09.